The molecule has 1 aliphatic rings. The molecule has 1 aromatic heterocycles. The molecule has 156 valence electrons. The number of pyridine rings is 1. The van der Waals surface area contributed by atoms with Crippen LogP contribution in [0.3, 0.4) is 0 Å². The number of anilines is 1. The highest BCUT2D eigenvalue weighted by atomic mass is 16.5. The maximum absolute atomic E-state index is 12.5. The summed E-state index contributed by atoms with van der Waals surface area (Å²) >= 11 is 0. The Balaban J connectivity index is 1.25. The second-order valence-electron chi connectivity index (χ2n) is 7.57. The van der Waals surface area contributed by atoms with E-state index in [0.717, 1.165) is 37.5 Å². The quantitative estimate of drug-likeness (QED) is 0.650. The topological polar surface area (TPSA) is 78.3 Å². The Morgan fingerprint density at radius 2 is 1.74 bits per heavy atom. The lowest BCUT2D eigenvalue weighted by atomic mass is 9.96. The van der Waals surface area contributed by atoms with Crippen LogP contribution in [0.2, 0.25) is 0 Å². The number of benzene rings is 2. The van der Waals surface area contributed by atoms with Gasteiger partial charge in [0, 0.05) is 31.4 Å². The number of aromatic nitrogens is 1. The summed E-state index contributed by atoms with van der Waals surface area (Å²) in [5, 5.41) is 12.3. The molecule has 2 aromatic carbocycles. The Morgan fingerprint density at radius 3 is 2.45 bits per heavy atom. The highest BCUT2D eigenvalue weighted by Gasteiger charge is 2.22. The van der Waals surface area contributed by atoms with Crippen LogP contribution in [0, 0.1) is 17.2 Å². The number of hydrogen-bond donors (Lipinski definition) is 1. The van der Waals surface area contributed by atoms with E-state index in [0.29, 0.717) is 29.3 Å². The molecule has 1 amide bonds. The Kier molecular flexibility index (Phi) is 6.44. The van der Waals surface area contributed by atoms with E-state index in [1.54, 1.807) is 42.6 Å². The highest BCUT2D eigenvalue weighted by Crippen LogP contribution is 2.24. The molecule has 3 aromatic rings. The summed E-state index contributed by atoms with van der Waals surface area (Å²) in [7, 11) is 0. The summed E-state index contributed by atoms with van der Waals surface area (Å²) in [6.07, 6.45) is 3.62. The number of carbonyl (C=O) groups is 1. The van der Waals surface area contributed by atoms with Gasteiger partial charge in [0.15, 0.2) is 0 Å². The van der Waals surface area contributed by atoms with Crippen molar-refractivity contribution >= 4 is 11.7 Å². The van der Waals surface area contributed by atoms with Crippen molar-refractivity contribution in [2.24, 2.45) is 5.92 Å². The standard InChI is InChI=1S/C25H24N4O2/c26-17-21-5-4-14-27-24(21)29-15-12-19(13-16-29)18-28-25(30)20-8-10-23(11-9-20)31-22-6-2-1-3-7-22/h1-11,14,19H,12-13,15-16,18H2,(H,28,30). The fourth-order valence-electron chi connectivity index (χ4n) is 3.72. The second-order valence-corrected chi connectivity index (χ2v) is 7.57. The van der Waals surface area contributed by atoms with Crippen LogP contribution in [0.5, 0.6) is 11.5 Å². The van der Waals surface area contributed by atoms with Crippen molar-refractivity contribution in [1.29, 1.82) is 5.26 Å². The third kappa shape index (κ3) is 5.20. The van der Waals surface area contributed by atoms with E-state index in [-0.39, 0.29) is 5.91 Å². The molecule has 0 radical (unpaired) electrons. The molecule has 0 spiro atoms. The van der Waals surface area contributed by atoms with Crippen molar-refractivity contribution in [2.75, 3.05) is 24.5 Å². The van der Waals surface area contributed by atoms with Crippen molar-refractivity contribution in [2.45, 2.75) is 12.8 Å². The molecule has 31 heavy (non-hydrogen) atoms. The number of rotatable bonds is 6. The maximum atomic E-state index is 12.5. The first-order valence-corrected chi connectivity index (χ1v) is 10.4. The lowest BCUT2D eigenvalue weighted by Crippen LogP contribution is -2.39. The zero-order valence-electron chi connectivity index (χ0n) is 17.2. The van der Waals surface area contributed by atoms with Crippen molar-refractivity contribution in [3.8, 4) is 17.6 Å². The molecule has 6 nitrogen and oxygen atoms in total. The van der Waals surface area contributed by atoms with Gasteiger partial charge in [-0.3, -0.25) is 4.79 Å². The first kappa shape index (κ1) is 20.4. The maximum Gasteiger partial charge on any atom is 0.251 e. The number of piperidine rings is 1. The van der Waals surface area contributed by atoms with Crippen LogP contribution in [-0.4, -0.2) is 30.5 Å². The summed E-state index contributed by atoms with van der Waals surface area (Å²) in [4.78, 5) is 19.0. The molecule has 1 N–H and O–H groups in total. The molecule has 1 aliphatic heterocycles. The van der Waals surface area contributed by atoms with E-state index in [2.05, 4.69) is 21.3 Å². The van der Waals surface area contributed by atoms with Crippen LogP contribution in [-0.2, 0) is 0 Å². The molecule has 0 bridgehead atoms. The zero-order valence-corrected chi connectivity index (χ0v) is 17.2. The molecule has 0 aliphatic carbocycles. The lowest BCUT2D eigenvalue weighted by Gasteiger charge is -2.33. The first-order valence-electron chi connectivity index (χ1n) is 10.4. The van der Waals surface area contributed by atoms with Gasteiger partial charge < -0.3 is 15.0 Å². The Hall–Kier alpha value is -3.85. The third-order valence-corrected chi connectivity index (χ3v) is 5.47. The fourth-order valence-corrected chi connectivity index (χ4v) is 3.72. The molecule has 1 saturated heterocycles. The number of para-hydroxylation sites is 1. The smallest absolute Gasteiger partial charge is 0.251 e. The normalized spacial score (nSPS) is 14.0. The van der Waals surface area contributed by atoms with Crippen molar-refractivity contribution in [3.63, 3.8) is 0 Å². The van der Waals surface area contributed by atoms with E-state index in [1.165, 1.54) is 0 Å². The monoisotopic (exact) mass is 412 g/mol. The van der Waals surface area contributed by atoms with Gasteiger partial charge in [-0.1, -0.05) is 18.2 Å². The van der Waals surface area contributed by atoms with E-state index in [4.69, 9.17) is 4.74 Å². The minimum Gasteiger partial charge on any atom is -0.457 e. The number of nitrogens with one attached hydrogen (secondary N) is 1. The number of ether oxygens (including phenoxy) is 1. The summed E-state index contributed by atoms with van der Waals surface area (Å²) < 4.78 is 5.77. The second kappa shape index (κ2) is 9.77. The number of amides is 1. The molecule has 1 fully saturated rings. The predicted molar refractivity (Wildman–Crippen MR) is 119 cm³/mol. The highest BCUT2D eigenvalue weighted by molar-refractivity contribution is 5.94. The molecule has 6 heteroatoms. The van der Waals surface area contributed by atoms with Gasteiger partial charge in [-0.15, -0.1) is 0 Å². The van der Waals surface area contributed by atoms with Crippen molar-refractivity contribution < 1.29 is 9.53 Å². The molecule has 2 heterocycles. The lowest BCUT2D eigenvalue weighted by molar-refractivity contribution is 0.0945. The summed E-state index contributed by atoms with van der Waals surface area (Å²) in [5.41, 5.74) is 1.22. The molecule has 4 rings (SSSR count). The fraction of sp³-hybridized carbons (Fsp3) is 0.240. The molecular weight excluding hydrogens is 388 g/mol. The van der Waals surface area contributed by atoms with E-state index >= 15 is 0 Å². The van der Waals surface area contributed by atoms with Gasteiger partial charge in [-0.05, 0) is 67.3 Å². The number of nitriles is 1. The molecule has 0 unspecified atom stereocenters. The van der Waals surface area contributed by atoms with Crippen molar-refractivity contribution in [1.82, 2.24) is 10.3 Å². The largest absolute Gasteiger partial charge is 0.457 e. The van der Waals surface area contributed by atoms with E-state index < -0.39 is 0 Å². The SMILES string of the molecule is N#Cc1cccnc1N1CCC(CNC(=O)c2ccc(Oc3ccccc3)cc2)CC1. The molecule has 0 atom stereocenters. The van der Waals surface area contributed by atoms with Gasteiger partial charge in [0.2, 0.25) is 0 Å². The van der Waals surface area contributed by atoms with Crippen LogP contribution in [0.25, 0.3) is 0 Å². The minimum absolute atomic E-state index is 0.0785. The van der Waals surface area contributed by atoms with Gasteiger partial charge >= 0.3 is 0 Å². The Labute approximate surface area is 182 Å². The Morgan fingerprint density at radius 1 is 1.03 bits per heavy atom. The van der Waals surface area contributed by atoms with Gasteiger partial charge in [0.1, 0.15) is 23.4 Å². The van der Waals surface area contributed by atoms with Gasteiger partial charge in [-0.25, -0.2) is 4.98 Å². The minimum atomic E-state index is -0.0785. The van der Waals surface area contributed by atoms with Crippen LogP contribution >= 0.6 is 0 Å². The van der Waals surface area contributed by atoms with Crippen molar-refractivity contribution in [3.05, 3.63) is 84.1 Å². The van der Waals surface area contributed by atoms with Gasteiger partial charge in [0.25, 0.3) is 5.91 Å². The van der Waals surface area contributed by atoms with E-state index in [9.17, 15) is 10.1 Å². The summed E-state index contributed by atoms with van der Waals surface area (Å²) in [6, 6.07) is 22.5. The number of carbonyl (C=O) groups excluding carboxylic acids is 1. The number of hydrogen-bond acceptors (Lipinski definition) is 5. The predicted octanol–water partition coefficient (Wildman–Crippen LogP) is 4.39. The molecule has 0 saturated carbocycles. The van der Waals surface area contributed by atoms with E-state index in [1.807, 2.05) is 30.3 Å². The number of nitrogens with zero attached hydrogens (tertiary/aromatic N) is 3. The average Bonchev–Trinajstić information content (AvgIpc) is 2.84. The average molecular weight is 412 g/mol. The third-order valence-electron chi connectivity index (χ3n) is 5.47. The van der Waals surface area contributed by atoms with Gasteiger partial charge in [-0.2, -0.15) is 5.26 Å². The molecular formula is C25H24N4O2. The van der Waals surface area contributed by atoms with Crippen LogP contribution in [0.4, 0.5) is 5.82 Å². The summed E-state index contributed by atoms with van der Waals surface area (Å²) in [6.45, 7) is 2.30. The summed E-state index contributed by atoms with van der Waals surface area (Å²) in [5.74, 6) is 2.55. The van der Waals surface area contributed by atoms with Crippen LogP contribution < -0.4 is 15.0 Å². The zero-order chi connectivity index (χ0) is 21.5. The van der Waals surface area contributed by atoms with Gasteiger partial charge in [0.05, 0.1) is 5.56 Å². The van der Waals surface area contributed by atoms with Crippen LogP contribution in [0.1, 0.15) is 28.8 Å². The first-order chi connectivity index (χ1) is 15.2. The van der Waals surface area contributed by atoms with Crippen LogP contribution in [0.15, 0.2) is 72.9 Å². The Bertz CT molecular complexity index is 1050.